The molecule has 0 amide bonds. The van der Waals surface area contributed by atoms with E-state index in [1.165, 1.54) is 0 Å². The van der Waals surface area contributed by atoms with Gasteiger partial charge in [0.05, 0.1) is 6.20 Å². The van der Waals surface area contributed by atoms with Gasteiger partial charge in [0, 0.05) is 18.3 Å². The van der Waals surface area contributed by atoms with Gasteiger partial charge in [-0.3, -0.25) is 4.98 Å². The van der Waals surface area contributed by atoms with Crippen LogP contribution in [0.3, 0.4) is 0 Å². The second-order valence-corrected chi connectivity index (χ2v) is 2.19. The Kier molecular flexibility index (Phi) is 3.12. The van der Waals surface area contributed by atoms with E-state index in [0.29, 0.717) is 24.5 Å². The number of hydrogen-bond acceptors (Lipinski definition) is 3. The first-order chi connectivity index (χ1) is 5.86. The van der Waals surface area contributed by atoms with Crippen LogP contribution in [-0.2, 0) is 0 Å². The Morgan fingerprint density at radius 2 is 2.42 bits per heavy atom. The zero-order chi connectivity index (χ0) is 8.81. The van der Waals surface area contributed by atoms with Crippen molar-refractivity contribution >= 4 is 0 Å². The van der Waals surface area contributed by atoms with Crippen LogP contribution in [0.15, 0.2) is 18.5 Å². The predicted molar refractivity (Wildman–Crippen MR) is 46.7 cm³/mol. The van der Waals surface area contributed by atoms with Crippen molar-refractivity contribution < 1.29 is 4.74 Å². The van der Waals surface area contributed by atoms with E-state index >= 15 is 0 Å². The second kappa shape index (κ2) is 4.37. The lowest BCUT2D eigenvalue weighted by Gasteiger charge is -2.02. The molecule has 1 heterocycles. The smallest absolute Gasteiger partial charge is 0.138 e. The SMILES string of the molecule is C#Cc1cncc(OCCN)c1. The molecule has 0 saturated carbocycles. The highest BCUT2D eigenvalue weighted by atomic mass is 16.5. The highest BCUT2D eigenvalue weighted by Crippen LogP contribution is 2.09. The van der Waals surface area contributed by atoms with Crippen LogP contribution < -0.4 is 10.5 Å². The van der Waals surface area contributed by atoms with Gasteiger partial charge in [0.2, 0.25) is 0 Å². The number of aromatic nitrogens is 1. The lowest BCUT2D eigenvalue weighted by molar-refractivity contribution is 0.327. The maximum atomic E-state index is 5.26. The first kappa shape index (κ1) is 8.57. The minimum Gasteiger partial charge on any atom is -0.491 e. The molecule has 0 bridgehead atoms. The summed E-state index contributed by atoms with van der Waals surface area (Å²) in [6.07, 6.45) is 8.39. The third-order valence-corrected chi connectivity index (χ3v) is 1.27. The van der Waals surface area contributed by atoms with Crippen molar-refractivity contribution in [2.24, 2.45) is 5.73 Å². The van der Waals surface area contributed by atoms with Gasteiger partial charge < -0.3 is 10.5 Å². The Morgan fingerprint density at radius 3 is 3.08 bits per heavy atom. The molecule has 0 saturated heterocycles. The molecule has 1 aromatic rings. The normalized spacial score (nSPS) is 9.00. The summed E-state index contributed by atoms with van der Waals surface area (Å²) in [5.41, 5.74) is 5.97. The van der Waals surface area contributed by atoms with Crippen LogP contribution in [0.2, 0.25) is 0 Å². The maximum absolute atomic E-state index is 5.26. The molecule has 62 valence electrons. The van der Waals surface area contributed by atoms with E-state index in [0.717, 1.165) is 0 Å². The largest absolute Gasteiger partial charge is 0.491 e. The fourth-order valence-corrected chi connectivity index (χ4v) is 0.753. The van der Waals surface area contributed by atoms with Gasteiger partial charge in [-0.25, -0.2) is 0 Å². The van der Waals surface area contributed by atoms with Crippen LogP contribution in [0, 0.1) is 12.3 Å². The molecule has 0 aliphatic carbocycles. The van der Waals surface area contributed by atoms with Crippen LogP contribution in [-0.4, -0.2) is 18.1 Å². The summed E-state index contributed by atoms with van der Waals surface area (Å²) in [5.74, 6) is 3.13. The molecule has 0 fully saturated rings. The van der Waals surface area contributed by atoms with Crippen molar-refractivity contribution in [2.45, 2.75) is 0 Å². The molecule has 0 aliphatic rings. The van der Waals surface area contributed by atoms with Gasteiger partial charge in [0.25, 0.3) is 0 Å². The Balaban J connectivity index is 2.68. The molecule has 0 aliphatic heterocycles. The predicted octanol–water partition coefficient (Wildman–Crippen LogP) is 0.400. The average Bonchev–Trinajstić information content (AvgIpc) is 2.15. The molecular formula is C9H10N2O. The van der Waals surface area contributed by atoms with Crippen molar-refractivity contribution in [2.75, 3.05) is 13.2 Å². The minimum absolute atomic E-state index is 0.482. The zero-order valence-electron chi connectivity index (χ0n) is 6.66. The highest BCUT2D eigenvalue weighted by Gasteiger charge is 1.93. The number of terminal acetylenes is 1. The maximum Gasteiger partial charge on any atom is 0.138 e. The Labute approximate surface area is 71.6 Å². The lowest BCUT2D eigenvalue weighted by Crippen LogP contribution is -2.10. The second-order valence-electron chi connectivity index (χ2n) is 2.19. The van der Waals surface area contributed by atoms with Crippen LogP contribution in [0.4, 0.5) is 0 Å². The van der Waals surface area contributed by atoms with E-state index in [4.69, 9.17) is 16.9 Å². The topological polar surface area (TPSA) is 48.1 Å². The molecular weight excluding hydrogens is 152 g/mol. The van der Waals surface area contributed by atoms with Gasteiger partial charge in [-0.05, 0) is 6.07 Å². The van der Waals surface area contributed by atoms with E-state index in [-0.39, 0.29) is 0 Å². The highest BCUT2D eigenvalue weighted by molar-refractivity contribution is 5.34. The third-order valence-electron chi connectivity index (χ3n) is 1.27. The number of hydrogen-bond donors (Lipinski definition) is 1. The van der Waals surface area contributed by atoms with Gasteiger partial charge in [0.15, 0.2) is 0 Å². The van der Waals surface area contributed by atoms with Crippen molar-refractivity contribution in [3.8, 4) is 18.1 Å². The summed E-state index contributed by atoms with van der Waals surface area (Å²) in [4.78, 5) is 3.90. The standard InChI is InChI=1S/C9H10N2O/c1-2-8-5-9(7-11-6-8)12-4-3-10/h1,5-7H,3-4,10H2. The summed E-state index contributed by atoms with van der Waals surface area (Å²) >= 11 is 0. The zero-order valence-corrected chi connectivity index (χ0v) is 6.66. The van der Waals surface area contributed by atoms with Gasteiger partial charge in [-0.1, -0.05) is 5.92 Å². The molecule has 0 atom stereocenters. The van der Waals surface area contributed by atoms with Crippen LogP contribution in [0.5, 0.6) is 5.75 Å². The average molecular weight is 162 g/mol. The van der Waals surface area contributed by atoms with Gasteiger partial charge >= 0.3 is 0 Å². The molecule has 2 N–H and O–H groups in total. The van der Waals surface area contributed by atoms with Gasteiger partial charge in [-0.15, -0.1) is 6.42 Å². The summed E-state index contributed by atoms with van der Waals surface area (Å²) < 4.78 is 5.21. The molecule has 1 rings (SSSR count). The molecule has 0 aromatic carbocycles. The molecule has 3 heteroatoms. The summed E-state index contributed by atoms with van der Waals surface area (Å²) in [5, 5.41) is 0. The van der Waals surface area contributed by atoms with Gasteiger partial charge in [0.1, 0.15) is 12.4 Å². The first-order valence-electron chi connectivity index (χ1n) is 3.61. The monoisotopic (exact) mass is 162 g/mol. The summed E-state index contributed by atoms with van der Waals surface area (Å²) in [6.45, 7) is 0.968. The Bertz CT molecular complexity index is 291. The number of rotatable bonds is 3. The van der Waals surface area contributed by atoms with E-state index < -0.39 is 0 Å². The molecule has 0 spiro atoms. The van der Waals surface area contributed by atoms with Crippen molar-refractivity contribution in [3.63, 3.8) is 0 Å². The first-order valence-corrected chi connectivity index (χ1v) is 3.61. The van der Waals surface area contributed by atoms with Gasteiger partial charge in [-0.2, -0.15) is 0 Å². The molecule has 1 aromatic heterocycles. The molecule has 0 unspecified atom stereocenters. The lowest BCUT2D eigenvalue weighted by atomic mass is 10.3. The molecule has 0 radical (unpaired) electrons. The minimum atomic E-state index is 0.482. The van der Waals surface area contributed by atoms with E-state index in [9.17, 15) is 0 Å². The third kappa shape index (κ3) is 2.26. The van der Waals surface area contributed by atoms with E-state index in [2.05, 4.69) is 10.9 Å². The van der Waals surface area contributed by atoms with Crippen LogP contribution in [0.1, 0.15) is 5.56 Å². The van der Waals surface area contributed by atoms with Crippen molar-refractivity contribution in [1.82, 2.24) is 4.98 Å². The van der Waals surface area contributed by atoms with Crippen LogP contribution >= 0.6 is 0 Å². The number of pyridine rings is 1. The summed E-state index contributed by atoms with van der Waals surface area (Å²) in [7, 11) is 0. The van der Waals surface area contributed by atoms with E-state index in [1.807, 2.05) is 0 Å². The number of nitrogens with zero attached hydrogens (tertiary/aromatic N) is 1. The quantitative estimate of drug-likeness (QED) is 0.654. The Morgan fingerprint density at radius 1 is 1.58 bits per heavy atom. The number of nitrogens with two attached hydrogens (primary N) is 1. The van der Waals surface area contributed by atoms with Crippen molar-refractivity contribution in [1.29, 1.82) is 0 Å². The number of ether oxygens (including phenoxy) is 1. The molecule has 12 heavy (non-hydrogen) atoms. The van der Waals surface area contributed by atoms with Crippen LogP contribution in [0.25, 0.3) is 0 Å². The van der Waals surface area contributed by atoms with Crippen molar-refractivity contribution in [3.05, 3.63) is 24.0 Å². The summed E-state index contributed by atoms with van der Waals surface area (Å²) in [6, 6.07) is 1.75. The Hall–Kier alpha value is -1.53. The molecule has 3 nitrogen and oxygen atoms in total. The van der Waals surface area contributed by atoms with E-state index in [1.54, 1.807) is 18.5 Å². The fourth-order valence-electron chi connectivity index (χ4n) is 0.753. The fraction of sp³-hybridized carbons (Fsp3) is 0.222.